The van der Waals surface area contributed by atoms with Gasteiger partial charge in [-0.2, -0.15) is 5.10 Å². The molecule has 3 rings (SSSR count). The summed E-state index contributed by atoms with van der Waals surface area (Å²) in [5.74, 6) is 0.0845. The lowest BCUT2D eigenvalue weighted by Crippen LogP contribution is -2.50. The Kier molecular flexibility index (Phi) is 6.57. The predicted molar refractivity (Wildman–Crippen MR) is 107 cm³/mol. The number of furan rings is 1. The number of aryl methyl sites for hydroxylation is 2. The Morgan fingerprint density at radius 1 is 1.25 bits per heavy atom. The first-order valence-corrected chi connectivity index (χ1v) is 9.91. The molecule has 1 aliphatic rings. The van der Waals surface area contributed by atoms with Gasteiger partial charge in [0, 0.05) is 44.4 Å². The Labute approximate surface area is 169 Å². The number of carbonyl (C=O) groups is 2. The first kappa shape index (κ1) is 20.2. The maximum Gasteiger partial charge on any atom is 0.289 e. The van der Waals surface area contributed by atoms with Crippen LogP contribution < -0.4 is 0 Å². The third kappa shape index (κ3) is 4.47. The first-order valence-electron chi connectivity index (χ1n) is 9.54. The second kappa shape index (κ2) is 9.10. The van der Waals surface area contributed by atoms with E-state index < -0.39 is 0 Å². The average molecular weight is 405 g/mol. The molecule has 3 heterocycles. The molecule has 1 saturated heterocycles. The van der Waals surface area contributed by atoms with Crippen LogP contribution in [0.4, 0.5) is 0 Å². The highest BCUT2D eigenvalue weighted by Gasteiger charge is 2.25. The smallest absolute Gasteiger partial charge is 0.289 e. The predicted octanol–water partition coefficient (Wildman–Crippen LogP) is 3.24. The largest absolute Gasteiger partial charge is 0.459 e. The van der Waals surface area contributed by atoms with Gasteiger partial charge in [0.2, 0.25) is 5.91 Å². The summed E-state index contributed by atoms with van der Waals surface area (Å²) in [6, 6.07) is 3.34. The van der Waals surface area contributed by atoms with Crippen LogP contribution in [0.25, 0.3) is 6.08 Å². The van der Waals surface area contributed by atoms with Gasteiger partial charge in [-0.1, -0.05) is 24.9 Å². The zero-order chi connectivity index (χ0) is 20.1. The Hall–Kier alpha value is -2.54. The Balaban J connectivity index is 1.57. The van der Waals surface area contributed by atoms with Crippen molar-refractivity contribution in [1.82, 2.24) is 19.6 Å². The Bertz CT molecular complexity index is 849. The van der Waals surface area contributed by atoms with Crippen molar-refractivity contribution < 1.29 is 14.0 Å². The third-order valence-electron chi connectivity index (χ3n) is 4.84. The summed E-state index contributed by atoms with van der Waals surface area (Å²) in [5, 5.41) is 5.01. The fourth-order valence-electron chi connectivity index (χ4n) is 3.16. The summed E-state index contributed by atoms with van der Waals surface area (Å²) in [4.78, 5) is 28.2. The highest BCUT2D eigenvalue weighted by Crippen LogP contribution is 2.22. The van der Waals surface area contributed by atoms with Crippen LogP contribution in [0.3, 0.4) is 0 Å². The molecule has 0 spiro atoms. The van der Waals surface area contributed by atoms with E-state index in [0.717, 1.165) is 30.6 Å². The van der Waals surface area contributed by atoms with Crippen LogP contribution in [-0.4, -0.2) is 57.6 Å². The van der Waals surface area contributed by atoms with Gasteiger partial charge < -0.3 is 14.2 Å². The molecule has 0 radical (unpaired) electrons. The molecule has 1 aliphatic heterocycles. The number of halogens is 1. The monoisotopic (exact) mass is 404 g/mol. The van der Waals surface area contributed by atoms with E-state index in [1.165, 1.54) is 12.3 Å². The molecule has 0 N–H and O–H groups in total. The number of carbonyl (C=O) groups excluding carboxylic acids is 2. The number of aromatic nitrogens is 2. The molecule has 1 fully saturated rings. The topological polar surface area (TPSA) is 71.6 Å². The van der Waals surface area contributed by atoms with Gasteiger partial charge in [-0.15, -0.1) is 0 Å². The maximum absolute atomic E-state index is 12.5. The minimum atomic E-state index is -0.144. The number of unbranched alkanes of at least 4 members (excludes halogenated alkanes) is 1. The van der Waals surface area contributed by atoms with E-state index in [2.05, 4.69) is 12.0 Å². The van der Waals surface area contributed by atoms with E-state index in [9.17, 15) is 9.59 Å². The van der Waals surface area contributed by atoms with Gasteiger partial charge in [0.15, 0.2) is 5.76 Å². The summed E-state index contributed by atoms with van der Waals surface area (Å²) in [5.41, 5.74) is 1.58. The second-order valence-corrected chi connectivity index (χ2v) is 7.15. The third-order valence-corrected chi connectivity index (χ3v) is 5.23. The van der Waals surface area contributed by atoms with E-state index >= 15 is 0 Å². The van der Waals surface area contributed by atoms with Crippen LogP contribution in [0, 0.1) is 6.92 Å². The molecule has 28 heavy (non-hydrogen) atoms. The summed E-state index contributed by atoms with van der Waals surface area (Å²) in [6.07, 6.45) is 6.81. The maximum atomic E-state index is 12.5. The van der Waals surface area contributed by atoms with Crippen molar-refractivity contribution in [2.75, 3.05) is 26.2 Å². The molecule has 8 heteroatoms. The standard InChI is InChI=1S/C20H25ClN4O3/c1-3-4-9-25-19(21)16(15(2)22-25)7-8-18(26)23-10-12-24(13-11-23)20(27)17-6-5-14-28-17/h5-8,14H,3-4,9-13H2,1-2H3. The van der Waals surface area contributed by atoms with Crippen LogP contribution in [-0.2, 0) is 11.3 Å². The minimum absolute atomic E-state index is 0.0955. The quantitative estimate of drug-likeness (QED) is 0.693. The van der Waals surface area contributed by atoms with E-state index in [0.29, 0.717) is 37.1 Å². The van der Waals surface area contributed by atoms with E-state index in [1.54, 1.807) is 32.7 Å². The molecule has 2 aromatic heterocycles. The van der Waals surface area contributed by atoms with Gasteiger partial charge in [-0.3, -0.25) is 14.3 Å². The first-order chi connectivity index (χ1) is 13.5. The zero-order valence-corrected chi connectivity index (χ0v) is 17.0. The highest BCUT2D eigenvalue weighted by molar-refractivity contribution is 6.31. The molecule has 7 nitrogen and oxygen atoms in total. The fourth-order valence-corrected chi connectivity index (χ4v) is 3.48. The lowest BCUT2D eigenvalue weighted by atomic mass is 10.2. The number of nitrogens with zero attached hydrogens (tertiary/aromatic N) is 4. The molecular weight excluding hydrogens is 380 g/mol. The summed E-state index contributed by atoms with van der Waals surface area (Å²) < 4.78 is 6.94. The van der Waals surface area contributed by atoms with Gasteiger partial charge in [-0.25, -0.2) is 0 Å². The average Bonchev–Trinajstić information content (AvgIpc) is 3.33. The molecule has 0 bridgehead atoms. The van der Waals surface area contributed by atoms with E-state index in [-0.39, 0.29) is 11.8 Å². The molecule has 2 amide bonds. The van der Waals surface area contributed by atoms with Crippen molar-refractivity contribution in [3.63, 3.8) is 0 Å². The number of piperazine rings is 1. The highest BCUT2D eigenvalue weighted by atomic mass is 35.5. The molecule has 0 aliphatic carbocycles. The van der Waals surface area contributed by atoms with Crippen molar-refractivity contribution in [1.29, 1.82) is 0 Å². The van der Waals surface area contributed by atoms with Gasteiger partial charge in [0.05, 0.1) is 12.0 Å². The van der Waals surface area contributed by atoms with Crippen LogP contribution in [0.5, 0.6) is 0 Å². The molecule has 0 atom stereocenters. The fraction of sp³-hybridized carbons (Fsp3) is 0.450. The van der Waals surface area contributed by atoms with Crippen molar-refractivity contribution in [2.45, 2.75) is 33.2 Å². The van der Waals surface area contributed by atoms with Gasteiger partial charge in [-0.05, 0) is 31.6 Å². The summed E-state index contributed by atoms with van der Waals surface area (Å²) in [6.45, 7) is 6.70. The molecule has 0 saturated carbocycles. The van der Waals surface area contributed by atoms with Crippen LogP contribution >= 0.6 is 11.6 Å². The van der Waals surface area contributed by atoms with Crippen molar-refractivity contribution in [2.24, 2.45) is 0 Å². The normalized spacial score (nSPS) is 14.8. The number of hydrogen-bond donors (Lipinski definition) is 0. The number of amides is 2. The van der Waals surface area contributed by atoms with Crippen LogP contribution in [0.2, 0.25) is 5.15 Å². The molecule has 2 aromatic rings. The van der Waals surface area contributed by atoms with Gasteiger partial charge >= 0.3 is 0 Å². The van der Waals surface area contributed by atoms with Gasteiger partial charge in [0.25, 0.3) is 5.91 Å². The van der Waals surface area contributed by atoms with Crippen molar-refractivity contribution in [3.05, 3.63) is 46.6 Å². The lowest BCUT2D eigenvalue weighted by Gasteiger charge is -2.33. The number of rotatable bonds is 6. The lowest BCUT2D eigenvalue weighted by molar-refractivity contribution is -0.127. The molecule has 0 aromatic carbocycles. The molecular formula is C20H25ClN4O3. The Morgan fingerprint density at radius 2 is 1.96 bits per heavy atom. The summed E-state index contributed by atoms with van der Waals surface area (Å²) in [7, 11) is 0. The van der Waals surface area contributed by atoms with Gasteiger partial charge in [0.1, 0.15) is 5.15 Å². The van der Waals surface area contributed by atoms with Crippen molar-refractivity contribution in [3.8, 4) is 0 Å². The zero-order valence-electron chi connectivity index (χ0n) is 16.2. The molecule has 150 valence electrons. The van der Waals surface area contributed by atoms with Crippen LogP contribution in [0.15, 0.2) is 28.9 Å². The molecule has 0 unspecified atom stereocenters. The minimum Gasteiger partial charge on any atom is -0.459 e. The van der Waals surface area contributed by atoms with E-state index in [4.69, 9.17) is 16.0 Å². The Morgan fingerprint density at radius 3 is 2.61 bits per heavy atom. The second-order valence-electron chi connectivity index (χ2n) is 6.79. The SMILES string of the molecule is CCCCn1nc(C)c(C=CC(=O)N2CCN(C(=O)c3ccco3)CC2)c1Cl. The summed E-state index contributed by atoms with van der Waals surface area (Å²) >= 11 is 6.41. The number of hydrogen-bond acceptors (Lipinski definition) is 4. The van der Waals surface area contributed by atoms with Crippen molar-refractivity contribution >= 4 is 29.5 Å². The van der Waals surface area contributed by atoms with E-state index in [1.807, 2.05) is 6.92 Å². The van der Waals surface area contributed by atoms with Crippen LogP contribution in [0.1, 0.15) is 41.6 Å².